The number of pyridine rings is 1. The third-order valence-corrected chi connectivity index (χ3v) is 13.3. The summed E-state index contributed by atoms with van der Waals surface area (Å²) in [5.74, 6) is 0.857. The average Bonchev–Trinajstić information content (AvgIpc) is 3.38. The molecule has 0 N–H and O–H groups in total. The van der Waals surface area contributed by atoms with E-state index in [2.05, 4.69) is 204 Å². The Morgan fingerprint density at radius 2 is 0.697 bits per heavy atom. The summed E-state index contributed by atoms with van der Waals surface area (Å²) in [6.45, 7) is 0. The maximum atomic E-state index is 9.66. The molecule has 13 rings (SSSR count). The van der Waals surface area contributed by atoms with E-state index in [1.165, 1.54) is 64.6 Å². The molecule has 0 aliphatic rings. The van der Waals surface area contributed by atoms with Crippen LogP contribution in [0.25, 0.3) is 86.9 Å². The van der Waals surface area contributed by atoms with E-state index in [4.69, 9.17) is 4.98 Å². The quantitative estimate of drug-likeness (QED) is 0.143. The van der Waals surface area contributed by atoms with E-state index in [1.54, 1.807) is 0 Å². The second-order valence-corrected chi connectivity index (χ2v) is 17.1. The standard InChI is InChI=1S/C62H38N4/c63-39-40-14-28-51(29-15-40)65(54-35-47-20-16-43-7-5-8-44-17-21-48(36-54)61(47)59(43)44)52-30-24-41(25-31-52)56-11-1-2-12-57(56)42-26-32-53(33-27-42)66(58-13-3-4-34-64-58)55-37-49-22-18-45-9-6-10-46-19-23-50(38-55)62(49)60(45)46/h1-38H. The lowest BCUT2D eigenvalue weighted by atomic mass is 9.93. The minimum Gasteiger partial charge on any atom is -0.310 e. The molecule has 66 heavy (non-hydrogen) atoms. The number of aromatic nitrogens is 1. The van der Waals surface area contributed by atoms with Crippen LogP contribution < -0.4 is 9.80 Å². The van der Waals surface area contributed by atoms with Gasteiger partial charge in [0.15, 0.2) is 0 Å². The fraction of sp³-hybridized carbons (Fsp3) is 0. The lowest BCUT2D eigenvalue weighted by molar-refractivity contribution is 1.18. The second-order valence-electron chi connectivity index (χ2n) is 17.1. The molecule has 0 saturated carbocycles. The van der Waals surface area contributed by atoms with Crippen molar-refractivity contribution in [3.05, 3.63) is 236 Å². The lowest BCUT2D eigenvalue weighted by Gasteiger charge is -2.27. The van der Waals surface area contributed by atoms with Gasteiger partial charge < -0.3 is 4.90 Å². The van der Waals surface area contributed by atoms with Crippen LogP contribution in [0.3, 0.4) is 0 Å². The molecule has 0 atom stereocenters. The van der Waals surface area contributed by atoms with Gasteiger partial charge in [0.2, 0.25) is 0 Å². The largest absolute Gasteiger partial charge is 0.310 e. The van der Waals surface area contributed by atoms with Crippen LogP contribution in [0.5, 0.6) is 0 Å². The highest BCUT2D eigenvalue weighted by Gasteiger charge is 2.20. The van der Waals surface area contributed by atoms with Gasteiger partial charge in [-0.1, -0.05) is 140 Å². The van der Waals surface area contributed by atoms with E-state index in [-0.39, 0.29) is 0 Å². The average molecular weight is 839 g/mol. The monoisotopic (exact) mass is 838 g/mol. The number of hydrogen-bond acceptors (Lipinski definition) is 4. The Balaban J connectivity index is 0.869. The SMILES string of the molecule is N#Cc1ccc(N(c2ccc(-c3ccccc3-c3ccc(N(c4cc5ccc6cccc7ccc(c4)c5c67)c4ccccn4)cc3)cc2)c2cc3ccc4cccc5ccc(c2)c3c45)cc1. The topological polar surface area (TPSA) is 43.2 Å². The van der Waals surface area contributed by atoms with Crippen LogP contribution in [0.2, 0.25) is 0 Å². The molecule has 1 heterocycles. The van der Waals surface area contributed by atoms with Crippen LogP contribution in [-0.2, 0) is 0 Å². The van der Waals surface area contributed by atoms with Gasteiger partial charge in [-0.2, -0.15) is 5.26 Å². The number of nitriles is 1. The summed E-state index contributed by atoms with van der Waals surface area (Å²) in [5.41, 5.74) is 10.3. The lowest BCUT2D eigenvalue weighted by Crippen LogP contribution is -2.11. The number of nitrogens with zero attached hydrogens (tertiary/aromatic N) is 4. The molecule has 0 spiro atoms. The normalized spacial score (nSPS) is 11.6. The Bertz CT molecular complexity index is 3860. The number of rotatable bonds is 8. The number of hydrogen-bond donors (Lipinski definition) is 0. The van der Waals surface area contributed by atoms with Crippen LogP contribution in [0.15, 0.2) is 231 Å². The van der Waals surface area contributed by atoms with Crippen molar-refractivity contribution in [2.45, 2.75) is 0 Å². The predicted molar refractivity (Wildman–Crippen MR) is 277 cm³/mol. The van der Waals surface area contributed by atoms with Gasteiger partial charge >= 0.3 is 0 Å². The van der Waals surface area contributed by atoms with Gasteiger partial charge in [0.05, 0.1) is 11.6 Å². The first-order valence-corrected chi connectivity index (χ1v) is 22.3. The van der Waals surface area contributed by atoms with E-state index in [0.717, 1.165) is 56.5 Å². The Hall–Kier alpha value is -9.04. The fourth-order valence-electron chi connectivity index (χ4n) is 10.3. The van der Waals surface area contributed by atoms with Crippen molar-refractivity contribution in [2.24, 2.45) is 0 Å². The van der Waals surface area contributed by atoms with Crippen molar-refractivity contribution >= 4 is 98.9 Å². The van der Waals surface area contributed by atoms with Crippen molar-refractivity contribution in [1.82, 2.24) is 4.98 Å². The molecule has 4 heteroatoms. The molecule has 0 aliphatic carbocycles. The highest BCUT2D eigenvalue weighted by atomic mass is 15.2. The molecule has 12 aromatic carbocycles. The van der Waals surface area contributed by atoms with E-state index in [0.29, 0.717) is 5.56 Å². The van der Waals surface area contributed by atoms with Crippen molar-refractivity contribution in [3.63, 3.8) is 0 Å². The molecule has 0 fully saturated rings. The molecule has 0 saturated heterocycles. The summed E-state index contributed by atoms with van der Waals surface area (Å²) in [4.78, 5) is 9.40. The molecular weight excluding hydrogens is 801 g/mol. The first-order valence-electron chi connectivity index (χ1n) is 22.3. The highest BCUT2D eigenvalue weighted by Crippen LogP contribution is 2.44. The van der Waals surface area contributed by atoms with Gasteiger partial charge in [0.1, 0.15) is 5.82 Å². The molecule has 0 aliphatic heterocycles. The zero-order chi connectivity index (χ0) is 43.7. The minimum atomic E-state index is 0.631. The summed E-state index contributed by atoms with van der Waals surface area (Å²) in [6, 6.07) is 82.7. The van der Waals surface area contributed by atoms with Crippen molar-refractivity contribution < 1.29 is 0 Å². The Morgan fingerprint density at radius 1 is 0.318 bits per heavy atom. The van der Waals surface area contributed by atoms with Crippen LogP contribution in [0.1, 0.15) is 5.56 Å². The first-order chi connectivity index (χ1) is 32.6. The molecule has 0 amide bonds. The summed E-state index contributed by atoms with van der Waals surface area (Å²) >= 11 is 0. The van der Waals surface area contributed by atoms with Crippen LogP contribution in [-0.4, -0.2) is 4.98 Å². The third-order valence-electron chi connectivity index (χ3n) is 13.3. The summed E-state index contributed by atoms with van der Waals surface area (Å²) in [5, 5.41) is 24.7. The van der Waals surface area contributed by atoms with E-state index >= 15 is 0 Å². The molecule has 0 unspecified atom stereocenters. The van der Waals surface area contributed by atoms with Gasteiger partial charge in [0.25, 0.3) is 0 Å². The Labute approximate surface area is 381 Å². The Kier molecular flexibility index (Phi) is 8.56. The molecular formula is C62H38N4. The van der Waals surface area contributed by atoms with Gasteiger partial charge in [-0.3, -0.25) is 4.90 Å². The second kappa shape index (κ2) is 15.1. The van der Waals surface area contributed by atoms with Crippen molar-refractivity contribution in [2.75, 3.05) is 9.80 Å². The fourth-order valence-corrected chi connectivity index (χ4v) is 10.3. The van der Waals surface area contributed by atoms with E-state index < -0.39 is 0 Å². The smallest absolute Gasteiger partial charge is 0.137 e. The molecule has 13 aromatic rings. The van der Waals surface area contributed by atoms with Crippen molar-refractivity contribution in [1.29, 1.82) is 5.26 Å². The number of benzene rings is 12. The molecule has 0 bridgehead atoms. The maximum Gasteiger partial charge on any atom is 0.137 e. The van der Waals surface area contributed by atoms with Crippen LogP contribution in [0.4, 0.5) is 34.3 Å². The number of anilines is 6. The molecule has 4 nitrogen and oxygen atoms in total. The maximum absolute atomic E-state index is 9.66. The van der Waals surface area contributed by atoms with E-state index in [1.807, 2.05) is 42.6 Å². The van der Waals surface area contributed by atoms with Gasteiger partial charge in [-0.15, -0.1) is 0 Å². The summed E-state index contributed by atoms with van der Waals surface area (Å²) in [7, 11) is 0. The zero-order valence-corrected chi connectivity index (χ0v) is 35.7. The van der Waals surface area contributed by atoms with Crippen molar-refractivity contribution in [3.8, 4) is 28.3 Å². The van der Waals surface area contributed by atoms with Gasteiger partial charge in [-0.25, -0.2) is 4.98 Å². The molecule has 1 aromatic heterocycles. The van der Waals surface area contributed by atoms with Gasteiger partial charge in [0, 0.05) is 34.6 Å². The molecule has 306 valence electrons. The predicted octanol–water partition coefficient (Wildman–Crippen LogP) is 17.0. The summed E-state index contributed by atoms with van der Waals surface area (Å²) < 4.78 is 0. The van der Waals surface area contributed by atoms with Crippen LogP contribution >= 0.6 is 0 Å². The summed E-state index contributed by atoms with van der Waals surface area (Å²) in [6.07, 6.45) is 1.86. The minimum absolute atomic E-state index is 0.631. The zero-order valence-electron chi connectivity index (χ0n) is 35.7. The van der Waals surface area contributed by atoms with E-state index in [9.17, 15) is 5.26 Å². The first kappa shape index (κ1) is 37.5. The highest BCUT2D eigenvalue weighted by molar-refractivity contribution is 6.25. The van der Waals surface area contributed by atoms with Gasteiger partial charge in [-0.05, 0) is 172 Å². The van der Waals surface area contributed by atoms with Crippen LogP contribution in [0, 0.1) is 11.3 Å². The third kappa shape index (κ3) is 6.10. The molecule has 0 radical (unpaired) electrons. The Morgan fingerprint density at radius 3 is 1.12 bits per heavy atom.